The normalized spacial score (nSPS) is 18.3. The molecular formula is C22H31N7. The third-order valence-corrected chi connectivity index (χ3v) is 5.16. The first-order valence-corrected chi connectivity index (χ1v) is 10.6. The molecule has 1 aromatic carbocycles. The minimum absolute atomic E-state index is 0.763. The average molecular weight is 394 g/mol. The third kappa shape index (κ3) is 5.68. The lowest BCUT2D eigenvalue weighted by molar-refractivity contribution is 0.556. The van der Waals surface area contributed by atoms with Gasteiger partial charge in [-0.25, -0.2) is 9.97 Å². The lowest BCUT2D eigenvalue weighted by Gasteiger charge is -2.09. The van der Waals surface area contributed by atoms with Crippen LogP contribution in [0.5, 0.6) is 0 Å². The predicted octanol–water partition coefficient (Wildman–Crippen LogP) is 0.745. The minimum Gasteiger partial charge on any atom is -0.314 e. The summed E-state index contributed by atoms with van der Waals surface area (Å²) >= 11 is 0. The van der Waals surface area contributed by atoms with Gasteiger partial charge in [0.25, 0.3) is 0 Å². The molecule has 3 heterocycles. The molecular weight excluding hydrogens is 362 g/mol. The van der Waals surface area contributed by atoms with Crippen molar-refractivity contribution in [1.82, 2.24) is 36.6 Å². The molecule has 0 atom stereocenters. The van der Waals surface area contributed by atoms with Crippen molar-refractivity contribution in [3.8, 4) is 0 Å². The van der Waals surface area contributed by atoms with Crippen LogP contribution in [0.1, 0.15) is 11.4 Å². The fraction of sp³-hybridized carbons (Fsp3) is 0.455. The molecule has 4 rings (SSSR count). The number of benzene rings is 1. The van der Waals surface area contributed by atoms with E-state index in [0.717, 1.165) is 98.6 Å². The Morgan fingerprint density at radius 1 is 0.448 bits per heavy atom. The van der Waals surface area contributed by atoms with Crippen LogP contribution in [-0.4, -0.2) is 62.3 Å². The lowest BCUT2D eigenvalue weighted by atomic mass is 10.1. The molecule has 29 heavy (non-hydrogen) atoms. The lowest BCUT2D eigenvalue weighted by Crippen LogP contribution is -2.36. The van der Waals surface area contributed by atoms with Gasteiger partial charge in [-0.2, -0.15) is 0 Å². The summed E-state index contributed by atoms with van der Waals surface area (Å²) in [5, 5.41) is 19.6. The van der Waals surface area contributed by atoms with Crippen molar-refractivity contribution in [3.63, 3.8) is 0 Å². The van der Waals surface area contributed by atoms with E-state index in [1.807, 2.05) is 0 Å². The third-order valence-electron chi connectivity index (χ3n) is 5.16. The first kappa shape index (κ1) is 20.1. The SMILES string of the molecule is c1cc2ccc3ccc4nc3c2nc1CNCCNCCNCCNCCNC4. The van der Waals surface area contributed by atoms with Crippen molar-refractivity contribution in [2.45, 2.75) is 13.1 Å². The van der Waals surface area contributed by atoms with Gasteiger partial charge in [0.1, 0.15) is 0 Å². The van der Waals surface area contributed by atoms with E-state index in [4.69, 9.17) is 9.97 Å². The van der Waals surface area contributed by atoms with Crippen molar-refractivity contribution in [3.05, 3.63) is 47.8 Å². The van der Waals surface area contributed by atoms with Gasteiger partial charge in [0.15, 0.2) is 0 Å². The summed E-state index contributed by atoms with van der Waals surface area (Å²) in [7, 11) is 0. The van der Waals surface area contributed by atoms with Gasteiger partial charge in [-0.15, -0.1) is 0 Å². The van der Waals surface area contributed by atoms with Crippen LogP contribution >= 0.6 is 0 Å². The van der Waals surface area contributed by atoms with E-state index < -0.39 is 0 Å². The summed E-state index contributed by atoms with van der Waals surface area (Å²) in [4.78, 5) is 9.85. The van der Waals surface area contributed by atoms with Crippen molar-refractivity contribution >= 4 is 21.8 Å². The minimum atomic E-state index is 0.763. The van der Waals surface area contributed by atoms with Crippen molar-refractivity contribution in [2.75, 3.05) is 52.4 Å². The van der Waals surface area contributed by atoms with Gasteiger partial charge < -0.3 is 26.6 Å². The molecule has 2 aromatic heterocycles. The highest BCUT2D eigenvalue weighted by molar-refractivity contribution is 6.02. The number of nitrogens with one attached hydrogen (secondary N) is 5. The summed E-state index contributed by atoms with van der Waals surface area (Å²) in [6.07, 6.45) is 0. The molecule has 0 fully saturated rings. The van der Waals surface area contributed by atoms with Crippen LogP contribution in [-0.2, 0) is 13.1 Å². The number of rotatable bonds is 0. The Morgan fingerprint density at radius 2 is 0.793 bits per heavy atom. The number of aromatic nitrogens is 2. The standard InChI is InChI=1S/C22H31N7/c1-2-18-4-6-20-16-27-14-12-25-10-8-23-7-9-24-11-13-26-15-19-5-3-17(1)21(28-19)22(18)29-20/h1-6,23-27H,7-16H2. The maximum absolute atomic E-state index is 4.92. The molecule has 0 saturated heterocycles. The topological polar surface area (TPSA) is 85.9 Å². The fourth-order valence-electron chi connectivity index (χ4n) is 3.56. The van der Waals surface area contributed by atoms with Gasteiger partial charge in [-0.3, -0.25) is 0 Å². The van der Waals surface area contributed by atoms with E-state index in [-0.39, 0.29) is 0 Å². The van der Waals surface area contributed by atoms with Crippen LogP contribution in [0.4, 0.5) is 0 Å². The molecule has 1 aliphatic rings. The zero-order valence-corrected chi connectivity index (χ0v) is 16.9. The highest BCUT2D eigenvalue weighted by Crippen LogP contribution is 2.23. The van der Waals surface area contributed by atoms with Crippen LogP contribution < -0.4 is 26.6 Å². The monoisotopic (exact) mass is 393 g/mol. The Labute approximate surface area is 172 Å². The second-order valence-corrected chi connectivity index (χ2v) is 7.42. The largest absolute Gasteiger partial charge is 0.314 e. The Hall–Kier alpha value is -2.16. The fourth-order valence-corrected chi connectivity index (χ4v) is 3.56. The molecule has 154 valence electrons. The summed E-state index contributed by atoms with van der Waals surface area (Å²) in [5.41, 5.74) is 4.07. The quantitative estimate of drug-likeness (QED) is 0.360. The van der Waals surface area contributed by atoms with E-state index in [1.54, 1.807) is 0 Å². The Balaban J connectivity index is 1.54. The Morgan fingerprint density at radius 3 is 1.21 bits per heavy atom. The van der Waals surface area contributed by atoms with Crippen LogP contribution in [0.25, 0.3) is 21.8 Å². The van der Waals surface area contributed by atoms with Gasteiger partial charge in [0.2, 0.25) is 0 Å². The van der Waals surface area contributed by atoms with Gasteiger partial charge in [-0.1, -0.05) is 24.3 Å². The Bertz CT molecular complexity index is 853. The molecule has 4 bridgehead atoms. The first-order chi connectivity index (χ1) is 14.4. The van der Waals surface area contributed by atoms with Crippen LogP contribution in [0.15, 0.2) is 36.4 Å². The van der Waals surface area contributed by atoms with Crippen LogP contribution in [0, 0.1) is 0 Å². The molecule has 5 N–H and O–H groups in total. The molecule has 1 aliphatic heterocycles. The van der Waals surface area contributed by atoms with Crippen LogP contribution in [0.3, 0.4) is 0 Å². The van der Waals surface area contributed by atoms with Crippen molar-refractivity contribution < 1.29 is 0 Å². The number of fused-ring (bicyclic) bond motifs is 2. The molecule has 0 spiro atoms. The molecule has 0 unspecified atom stereocenters. The van der Waals surface area contributed by atoms with Gasteiger partial charge >= 0.3 is 0 Å². The zero-order chi connectivity index (χ0) is 19.7. The van der Waals surface area contributed by atoms with Gasteiger partial charge in [-0.05, 0) is 12.1 Å². The average Bonchev–Trinajstić information content (AvgIpc) is 2.75. The van der Waals surface area contributed by atoms with Crippen molar-refractivity contribution in [1.29, 1.82) is 0 Å². The Kier molecular flexibility index (Phi) is 7.34. The molecule has 0 saturated carbocycles. The van der Waals surface area contributed by atoms with E-state index in [1.165, 1.54) is 0 Å². The van der Waals surface area contributed by atoms with Crippen molar-refractivity contribution in [2.24, 2.45) is 0 Å². The highest BCUT2D eigenvalue weighted by atomic mass is 15.0. The number of nitrogens with zero attached hydrogens (tertiary/aromatic N) is 2. The number of hydrogen-bond donors (Lipinski definition) is 5. The van der Waals surface area contributed by atoms with E-state index in [9.17, 15) is 0 Å². The molecule has 0 aliphatic carbocycles. The number of hydrogen-bond acceptors (Lipinski definition) is 7. The summed E-state index contributed by atoms with van der Waals surface area (Å²) in [5.74, 6) is 0. The smallest absolute Gasteiger partial charge is 0.0968 e. The zero-order valence-electron chi connectivity index (χ0n) is 16.9. The van der Waals surface area contributed by atoms with Gasteiger partial charge in [0, 0.05) is 76.2 Å². The highest BCUT2D eigenvalue weighted by Gasteiger charge is 2.07. The summed E-state index contributed by atoms with van der Waals surface area (Å²) in [6, 6.07) is 12.8. The van der Waals surface area contributed by atoms with Crippen LogP contribution in [0.2, 0.25) is 0 Å². The molecule has 7 nitrogen and oxygen atoms in total. The first-order valence-electron chi connectivity index (χ1n) is 10.6. The van der Waals surface area contributed by atoms with Gasteiger partial charge in [0.05, 0.1) is 22.4 Å². The number of pyridine rings is 2. The van der Waals surface area contributed by atoms with E-state index >= 15 is 0 Å². The second-order valence-electron chi connectivity index (χ2n) is 7.42. The molecule has 7 heteroatoms. The molecule has 3 aromatic rings. The summed E-state index contributed by atoms with van der Waals surface area (Å²) < 4.78 is 0. The molecule has 0 radical (unpaired) electrons. The summed E-state index contributed by atoms with van der Waals surface area (Å²) in [6.45, 7) is 9.22. The maximum atomic E-state index is 4.92. The predicted molar refractivity (Wildman–Crippen MR) is 119 cm³/mol. The van der Waals surface area contributed by atoms with E-state index in [2.05, 4.69) is 63.0 Å². The second kappa shape index (κ2) is 10.6. The maximum Gasteiger partial charge on any atom is 0.0968 e. The molecule has 0 amide bonds. The van der Waals surface area contributed by atoms with E-state index in [0.29, 0.717) is 0 Å².